The fourth-order valence-corrected chi connectivity index (χ4v) is 3.11. The molecule has 0 aliphatic carbocycles. The lowest BCUT2D eigenvalue weighted by Gasteiger charge is -2.09. The molecule has 0 saturated carbocycles. The lowest BCUT2D eigenvalue weighted by molar-refractivity contribution is -0.124. The number of amides is 1. The lowest BCUT2D eigenvalue weighted by atomic mass is 10.1. The fourth-order valence-electron chi connectivity index (χ4n) is 2.17. The van der Waals surface area contributed by atoms with Crippen LogP contribution in [-0.4, -0.2) is 22.8 Å². The second-order valence-electron chi connectivity index (χ2n) is 5.02. The third kappa shape index (κ3) is 7.41. The molecule has 1 heterocycles. The van der Waals surface area contributed by atoms with Crippen molar-refractivity contribution in [3.63, 3.8) is 0 Å². The number of thioether (sulfide) groups is 1. The van der Waals surface area contributed by atoms with Gasteiger partial charge in [0.05, 0.1) is 6.04 Å². The summed E-state index contributed by atoms with van der Waals surface area (Å²) in [4.78, 5) is 23.0. The van der Waals surface area contributed by atoms with Crippen molar-refractivity contribution < 1.29 is 9.59 Å². The Bertz CT molecular complexity index is 305. The summed E-state index contributed by atoms with van der Waals surface area (Å²) in [6, 6.07) is -0.226. The van der Waals surface area contributed by atoms with E-state index in [1.54, 1.807) is 0 Å². The summed E-state index contributed by atoms with van der Waals surface area (Å²) in [5, 5.41) is 2.95. The highest BCUT2D eigenvalue weighted by molar-refractivity contribution is 8.14. The van der Waals surface area contributed by atoms with Gasteiger partial charge in [-0.1, -0.05) is 43.5 Å². The van der Waals surface area contributed by atoms with Crippen LogP contribution in [0.4, 0.5) is 0 Å². The van der Waals surface area contributed by atoms with Crippen molar-refractivity contribution >= 4 is 22.8 Å². The molecule has 0 aromatic heterocycles. The zero-order chi connectivity index (χ0) is 13.9. The van der Waals surface area contributed by atoms with E-state index in [4.69, 9.17) is 0 Å². The van der Waals surface area contributed by atoms with Gasteiger partial charge in [-0.05, 0) is 25.7 Å². The van der Waals surface area contributed by atoms with E-state index in [9.17, 15) is 9.59 Å². The molecule has 1 rings (SSSR count). The highest BCUT2D eigenvalue weighted by Gasteiger charge is 2.26. The molecular weight excluding hydrogens is 258 g/mol. The predicted octanol–water partition coefficient (Wildman–Crippen LogP) is 3.44. The topological polar surface area (TPSA) is 46.2 Å². The van der Waals surface area contributed by atoms with Crippen molar-refractivity contribution in [1.29, 1.82) is 0 Å². The molecule has 1 fully saturated rings. The first-order valence-corrected chi connectivity index (χ1v) is 8.29. The number of carbonyl (C=O) groups excluding carboxylic acids is 2. The number of allylic oxidation sites excluding steroid dienone is 1. The van der Waals surface area contributed by atoms with Gasteiger partial charge in [-0.15, -0.1) is 6.58 Å². The average Bonchev–Trinajstić information content (AvgIpc) is 2.78. The zero-order valence-electron chi connectivity index (χ0n) is 11.7. The van der Waals surface area contributed by atoms with Crippen molar-refractivity contribution in [3.05, 3.63) is 12.7 Å². The van der Waals surface area contributed by atoms with Gasteiger partial charge in [-0.2, -0.15) is 0 Å². The number of carbonyl (C=O) groups is 2. The zero-order valence-corrected chi connectivity index (χ0v) is 12.5. The molecule has 0 spiro atoms. The Morgan fingerprint density at radius 1 is 1.26 bits per heavy atom. The van der Waals surface area contributed by atoms with Crippen molar-refractivity contribution in [3.8, 4) is 0 Å². The van der Waals surface area contributed by atoms with E-state index in [1.165, 1.54) is 37.4 Å². The van der Waals surface area contributed by atoms with E-state index >= 15 is 0 Å². The highest BCUT2D eigenvalue weighted by Crippen LogP contribution is 2.19. The van der Waals surface area contributed by atoms with Crippen molar-refractivity contribution in [2.45, 2.75) is 63.8 Å². The van der Waals surface area contributed by atoms with Gasteiger partial charge in [0.2, 0.25) is 11.0 Å². The molecule has 108 valence electrons. The standard InChI is InChI=1S/C15H25NO2S/c1-2-3-4-5-6-7-8-9-10-14(17)16-13-11-12-19-15(13)18/h2,13H,1,3-12H2,(H,16,17). The third-order valence-electron chi connectivity index (χ3n) is 3.33. The first kappa shape index (κ1) is 16.3. The van der Waals surface area contributed by atoms with E-state index in [2.05, 4.69) is 11.9 Å². The van der Waals surface area contributed by atoms with Gasteiger partial charge < -0.3 is 5.32 Å². The summed E-state index contributed by atoms with van der Waals surface area (Å²) >= 11 is 1.33. The molecule has 1 amide bonds. The van der Waals surface area contributed by atoms with Crippen LogP contribution in [0, 0.1) is 0 Å². The second kappa shape index (κ2) is 10.1. The molecule has 1 aliphatic heterocycles. The number of hydrogen-bond donors (Lipinski definition) is 1. The fraction of sp³-hybridized carbons (Fsp3) is 0.733. The van der Waals surface area contributed by atoms with Crippen LogP contribution in [0.25, 0.3) is 0 Å². The van der Waals surface area contributed by atoms with E-state index in [0.29, 0.717) is 6.42 Å². The van der Waals surface area contributed by atoms with Crippen LogP contribution in [0.5, 0.6) is 0 Å². The maximum atomic E-state index is 11.6. The van der Waals surface area contributed by atoms with Crippen molar-refractivity contribution in [2.75, 3.05) is 5.75 Å². The SMILES string of the molecule is C=CCCCCCCCCC(=O)NC1CCSC1=O. The highest BCUT2D eigenvalue weighted by atomic mass is 32.2. The average molecular weight is 283 g/mol. The van der Waals surface area contributed by atoms with Crippen LogP contribution >= 0.6 is 11.8 Å². The number of rotatable bonds is 10. The minimum atomic E-state index is -0.226. The van der Waals surface area contributed by atoms with Crippen molar-refractivity contribution in [2.24, 2.45) is 0 Å². The molecule has 1 N–H and O–H groups in total. The molecule has 1 saturated heterocycles. The molecule has 1 atom stereocenters. The summed E-state index contributed by atoms with van der Waals surface area (Å²) in [6.45, 7) is 3.70. The molecule has 4 heteroatoms. The molecule has 0 radical (unpaired) electrons. The Hall–Kier alpha value is -0.770. The Balaban J connectivity index is 1.92. The molecule has 0 aromatic carbocycles. The van der Waals surface area contributed by atoms with E-state index in [-0.39, 0.29) is 17.1 Å². The van der Waals surface area contributed by atoms with Gasteiger partial charge in [0, 0.05) is 12.2 Å². The van der Waals surface area contributed by atoms with Crippen LogP contribution < -0.4 is 5.32 Å². The quantitative estimate of drug-likeness (QED) is 0.493. The van der Waals surface area contributed by atoms with E-state index in [1.807, 2.05) is 6.08 Å². The molecule has 0 aromatic rings. The third-order valence-corrected chi connectivity index (χ3v) is 4.34. The summed E-state index contributed by atoms with van der Waals surface area (Å²) in [6.07, 6.45) is 11.4. The van der Waals surface area contributed by atoms with Gasteiger partial charge in [-0.3, -0.25) is 9.59 Å². The number of nitrogens with one attached hydrogen (secondary N) is 1. The molecule has 1 unspecified atom stereocenters. The number of unbranched alkanes of at least 4 members (excludes halogenated alkanes) is 6. The lowest BCUT2D eigenvalue weighted by Crippen LogP contribution is -2.36. The second-order valence-corrected chi connectivity index (χ2v) is 6.12. The molecule has 3 nitrogen and oxygen atoms in total. The summed E-state index contributed by atoms with van der Waals surface area (Å²) < 4.78 is 0. The first-order chi connectivity index (χ1) is 9.24. The van der Waals surface area contributed by atoms with Crippen LogP contribution in [0.2, 0.25) is 0 Å². The van der Waals surface area contributed by atoms with E-state index < -0.39 is 0 Å². The molecular formula is C15H25NO2S. The van der Waals surface area contributed by atoms with Crippen molar-refractivity contribution in [1.82, 2.24) is 5.32 Å². The van der Waals surface area contributed by atoms with Crippen LogP contribution in [0.3, 0.4) is 0 Å². The van der Waals surface area contributed by atoms with E-state index in [0.717, 1.165) is 31.4 Å². The minimum absolute atomic E-state index is 0.0347. The van der Waals surface area contributed by atoms with Gasteiger partial charge >= 0.3 is 0 Å². The molecule has 1 aliphatic rings. The largest absolute Gasteiger partial charge is 0.345 e. The monoisotopic (exact) mass is 283 g/mol. The normalized spacial score (nSPS) is 18.5. The smallest absolute Gasteiger partial charge is 0.220 e. The summed E-state index contributed by atoms with van der Waals surface area (Å²) in [5.41, 5.74) is 0. The molecule has 0 bridgehead atoms. The Morgan fingerprint density at radius 3 is 2.58 bits per heavy atom. The van der Waals surface area contributed by atoms with Gasteiger partial charge in [0.1, 0.15) is 0 Å². The minimum Gasteiger partial charge on any atom is -0.345 e. The number of hydrogen-bond acceptors (Lipinski definition) is 3. The Kier molecular flexibility index (Phi) is 8.63. The van der Waals surface area contributed by atoms with Crippen LogP contribution in [0.15, 0.2) is 12.7 Å². The summed E-state index contributed by atoms with van der Waals surface area (Å²) in [7, 11) is 0. The predicted molar refractivity (Wildman–Crippen MR) is 81.1 cm³/mol. The maximum Gasteiger partial charge on any atom is 0.220 e. The van der Waals surface area contributed by atoms with Gasteiger partial charge in [0.15, 0.2) is 0 Å². The first-order valence-electron chi connectivity index (χ1n) is 7.31. The summed E-state index contributed by atoms with van der Waals surface area (Å²) in [5.74, 6) is 0.876. The van der Waals surface area contributed by atoms with Gasteiger partial charge in [0.25, 0.3) is 0 Å². The van der Waals surface area contributed by atoms with Gasteiger partial charge in [-0.25, -0.2) is 0 Å². The maximum absolute atomic E-state index is 11.6. The van der Waals surface area contributed by atoms with Crippen LogP contribution in [-0.2, 0) is 9.59 Å². The Morgan fingerprint density at radius 2 is 1.95 bits per heavy atom. The molecule has 19 heavy (non-hydrogen) atoms. The van der Waals surface area contributed by atoms with Crippen LogP contribution in [0.1, 0.15) is 57.8 Å². The Labute approximate surface area is 120 Å².